The fourth-order valence-corrected chi connectivity index (χ4v) is 4.15. The van der Waals surface area contributed by atoms with E-state index >= 15 is 0 Å². The van der Waals surface area contributed by atoms with Crippen molar-refractivity contribution in [2.75, 3.05) is 0 Å². The SMILES string of the molecule is CC1(C)C=C(c2ccccc2)C2(C)Cc3ccccc3C2=C1. The maximum Gasteiger partial charge on any atom is 0.0221 e. The van der Waals surface area contributed by atoms with E-state index in [0.717, 1.165) is 6.42 Å². The van der Waals surface area contributed by atoms with Crippen LogP contribution in [-0.2, 0) is 6.42 Å². The number of fused-ring (bicyclic) bond motifs is 3. The van der Waals surface area contributed by atoms with Crippen molar-refractivity contribution in [2.45, 2.75) is 27.2 Å². The highest BCUT2D eigenvalue weighted by atomic mass is 14.5. The molecule has 0 heterocycles. The van der Waals surface area contributed by atoms with Crippen LogP contribution in [0.5, 0.6) is 0 Å². The van der Waals surface area contributed by atoms with Crippen molar-refractivity contribution in [2.24, 2.45) is 10.8 Å². The molecule has 0 aromatic heterocycles. The van der Waals surface area contributed by atoms with Crippen LogP contribution < -0.4 is 0 Å². The van der Waals surface area contributed by atoms with Crippen molar-refractivity contribution in [1.82, 2.24) is 0 Å². The van der Waals surface area contributed by atoms with Gasteiger partial charge in [-0.3, -0.25) is 0 Å². The summed E-state index contributed by atoms with van der Waals surface area (Å²) >= 11 is 0. The maximum atomic E-state index is 2.48. The van der Waals surface area contributed by atoms with Gasteiger partial charge in [-0.15, -0.1) is 0 Å². The molecule has 0 radical (unpaired) electrons. The normalized spacial score (nSPS) is 25.0. The summed E-state index contributed by atoms with van der Waals surface area (Å²) in [6.07, 6.45) is 6.05. The lowest BCUT2D eigenvalue weighted by Gasteiger charge is -2.38. The Morgan fingerprint density at radius 2 is 1.36 bits per heavy atom. The van der Waals surface area contributed by atoms with Crippen LogP contribution in [0.3, 0.4) is 0 Å². The van der Waals surface area contributed by atoms with Gasteiger partial charge in [0.05, 0.1) is 0 Å². The monoisotopic (exact) mass is 286 g/mol. The van der Waals surface area contributed by atoms with Crippen LogP contribution in [0.25, 0.3) is 11.1 Å². The quantitative estimate of drug-likeness (QED) is 0.625. The van der Waals surface area contributed by atoms with Crippen molar-refractivity contribution in [3.8, 4) is 0 Å². The van der Waals surface area contributed by atoms with Crippen LogP contribution >= 0.6 is 0 Å². The van der Waals surface area contributed by atoms with Gasteiger partial charge in [-0.1, -0.05) is 87.5 Å². The molecule has 2 aliphatic carbocycles. The van der Waals surface area contributed by atoms with Gasteiger partial charge in [-0.05, 0) is 34.3 Å². The average Bonchev–Trinajstić information content (AvgIpc) is 2.79. The Balaban J connectivity index is 1.95. The minimum atomic E-state index is 0.0947. The lowest BCUT2D eigenvalue weighted by atomic mass is 9.65. The minimum absolute atomic E-state index is 0.0947. The van der Waals surface area contributed by atoms with Crippen LogP contribution in [0.15, 0.2) is 66.7 Å². The molecule has 0 saturated heterocycles. The van der Waals surface area contributed by atoms with Gasteiger partial charge in [0.25, 0.3) is 0 Å². The molecule has 0 aliphatic heterocycles. The second-order valence-electron chi connectivity index (χ2n) is 7.47. The molecule has 0 saturated carbocycles. The summed E-state index contributed by atoms with van der Waals surface area (Å²) in [5, 5.41) is 0. The molecule has 0 amide bonds. The van der Waals surface area contributed by atoms with Gasteiger partial charge in [0.15, 0.2) is 0 Å². The van der Waals surface area contributed by atoms with Gasteiger partial charge in [0.1, 0.15) is 0 Å². The number of allylic oxidation sites excluding steroid dienone is 4. The standard InChI is InChI=1S/C22H22/c1-21(2)14-19(16-9-5-4-6-10-16)22(3)13-17-11-7-8-12-18(17)20(22)15-21/h4-12,14-15H,13H2,1-3H3. The Bertz CT molecular complexity index is 790. The van der Waals surface area contributed by atoms with Crippen molar-refractivity contribution >= 4 is 11.1 Å². The van der Waals surface area contributed by atoms with Gasteiger partial charge < -0.3 is 0 Å². The lowest BCUT2D eigenvalue weighted by Crippen LogP contribution is -2.25. The molecule has 1 unspecified atom stereocenters. The molecular weight excluding hydrogens is 264 g/mol. The number of rotatable bonds is 1. The van der Waals surface area contributed by atoms with E-state index in [9.17, 15) is 0 Å². The molecule has 2 aliphatic rings. The molecule has 110 valence electrons. The van der Waals surface area contributed by atoms with Gasteiger partial charge in [-0.2, -0.15) is 0 Å². The molecule has 0 fully saturated rings. The fraction of sp³-hybridized carbons (Fsp3) is 0.273. The third-order valence-electron chi connectivity index (χ3n) is 5.16. The second-order valence-corrected chi connectivity index (χ2v) is 7.47. The van der Waals surface area contributed by atoms with E-state index in [-0.39, 0.29) is 10.8 Å². The van der Waals surface area contributed by atoms with E-state index in [1.54, 1.807) is 0 Å². The molecule has 0 heteroatoms. The Labute approximate surface area is 133 Å². The van der Waals surface area contributed by atoms with E-state index in [0.29, 0.717) is 0 Å². The van der Waals surface area contributed by atoms with Gasteiger partial charge in [-0.25, -0.2) is 0 Å². The van der Waals surface area contributed by atoms with E-state index in [1.165, 1.54) is 27.8 Å². The smallest absolute Gasteiger partial charge is 0.0221 e. The summed E-state index contributed by atoms with van der Waals surface area (Å²) in [5.74, 6) is 0. The Kier molecular flexibility index (Phi) is 2.75. The summed E-state index contributed by atoms with van der Waals surface area (Å²) in [6, 6.07) is 19.8. The second kappa shape index (κ2) is 4.46. The Morgan fingerprint density at radius 1 is 0.727 bits per heavy atom. The van der Waals surface area contributed by atoms with Crippen molar-refractivity contribution < 1.29 is 0 Å². The maximum absolute atomic E-state index is 2.48. The Hall–Kier alpha value is -2.08. The summed E-state index contributed by atoms with van der Waals surface area (Å²) in [5.41, 5.74) is 7.46. The van der Waals surface area contributed by atoms with Gasteiger partial charge in [0, 0.05) is 10.8 Å². The van der Waals surface area contributed by atoms with Crippen molar-refractivity contribution in [1.29, 1.82) is 0 Å². The highest BCUT2D eigenvalue weighted by Gasteiger charge is 2.44. The largest absolute Gasteiger partial charge is 0.0704 e. The molecule has 0 nitrogen and oxygen atoms in total. The number of hydrogen-bond donors (Lipinski definition) is 0. The van der Waals surface area contributed by atoms with Crippen LogP contribution in [0.2, 0.25) is 0 Å². The first-order valence-corrected chi connectivity index (χ1v) is 8.10. The zero-order valence-corrected chi connectivity index (χ0v) is 13.6. The fourth-order valence-electron chi connectivity index (χ4n) is 4.15. The molecule has 1 atom stereocenters. The lowest BCUT2D eigenvalue weighted by molar-refractivity contribution is 0.550. The molecular formula is C22H22. The van der Waals surface area contributed by atoms with E-state index in [2.05, 4.69) is 87.5 Å². The highest BCUT2D eigenvalue weighted by molar-refractivity contribution is 5.93. The Morgan fingerprint density at radius 3 is 2.14 bits per heavy atom. The third-order valence-corrected chi connectivity index (χ3v) is 5.16. The van der Waals surface area contributed by atoms with E-state index < -0.39 is 0 Å². The molecule has 2 aromatic rings. The summed E-state index contributed by atoms with van der Waals surface area (Å²) in [4.78, 5) is 0. The molecule has 2 aromatic carbocycles. The molecule has 4 rings (SSSR count). The topological polar surface area (TPSA) is 0 Å². The van der Waals surface area contributed by atoms with Crippen LogP contribution in [0, 0.1) is 10.8 Å². The van der Waals surface area contributed by atoms with Crippen molar-refractivity contribution in [3.63, 3.8) is 0 Å². The van der Waals surface area contributed by atoms with Gasteiger partial charge in [0.2, 0.25) is 0 Å². The van der Waals surface area contributed by atoms with E-state index in [1.807, 2.05) is 0 Å². The first-order chi connectivity index (χ1) is 10.5. The zero-order chi connectivity index (χ0) is 15.4. The van der Waals surface area contributed by atoms with Crippen LogP contribution in [0.4, 0.5) is 0 Å². The highest BCUT2D eigenvalue weighted by Crippen LogP contribution is 2.58. The predicted octanol–water partition coefficient (Wildman–Crippen LogP) is 5.76. The van der Waals surface area contributed by atoms with Crippen LogP contribution in [-0.4, -0.2) is 0 Å². The molecule has 22 heavy (non-hydrogen) atoms. The molecule has 0 N–H and O–H groups in total. The third kappa shape index (κ3) is 1.90. The average molecular weight is 286 g/mol. The zero-order valence-electron chi connectivity index (χ0n) is 13.6. The van der Waals surface area contributed by atoms with Crippen molar-refractivity contribution in [3.05, 3.63) is 83.4 Å². The summed E-state index contributed by atoms with van der Waals surface area (Å²) < 4.78 is 0. The molecule has 0 spiro atoms. The number of hydrogen-bond acceptors (Lipinski definition) is 0. The summed E-state index contributed by atoms with van der Waals surface area (Å²) in [7, 11) is 0. The number of benzene rings is 2. The minimum Gasteiger partial charge on any atom is -0.0704 e. The van der Waals surface area contributed by atoms with Gasteiger partial charge >= 0.3 is 0 Å². The van der Waals surface area contributed by atoms with Crippen LogP contribution in [0.1, 0.15) is 37.5 Å². The van der Waals surface area contributed by atoms with E-state index in [4.69, 9.17) is 0 Å². The first-order valence-electron chi connectivity index (χ1n) is 8.10. The molecule has 0 bridgehead atoms. The first kappa shape index (κ1) is 13.6. The summed E-state index contributed by atoms with van der Waals surface area (Å²) in [6.45, 7) is 7.03. The predicted molar refractivity (Wildman–Crippen MR) is 94.4 cm³/mol.